The van der Waals surface area contributed by atoms with E-state index < -0.39 is 0 Å². The molecule has 0 saturated carbocycles. The molecule has 0 spiro atoms. The first-order valence-electron chi connectivity index (χ1n) is 4.95. The smallest absolute Gasteiger partial charge is 0.228 e. The quantitative estimate of drug-likeness (QED) is 0.720. The SMILES string of the molecule is CC1(C)CC(c2ccccc2)C(=O)N1. The van der Waals surface area contributed by atoms with Crippen LogP contribution >= 0.6 is 0 Å². The van der Waals surface area contributed by atoms with Crippen molar-refractivity contribution in [3.8, 4) is 0 Å². The van der Waals surface area contributed by atoms with E-state index >= 15 is 0 Å². The van der Waals surface area contributed by atoms with Gasteiger partial charge in [-0.25, -0.2) is 0 Å². The maximum absolute atomic E-state index is 11.7. The van der Waals surface area contributed by atoms with Gasteiger partial charge in [-0.3, -0.25) is 4.79 Å². The molecule has 1 unspecified atom stereocenters. The van der Waals surface area contributed by atoms with Crippen molar-refractivity contribution in [2.75, 3.05) is 0 Å². The minimum absolute atomic E-state index is 0.0335. The van der Waals surface area contributed by atoms with Crippen molar-refractivity contribution >= 4 is 5.91 Å². The van der Waals surface area contributed by atoms with Crippen molar-refractivity contribution in [3.05, 3.63) is 35.9 Å². The van der Waals surface area contributed by atoms with Gasteiger partial charge in [-0.2, -0.15) is 0 Å². The number of carbonyl (C=O) groups is 1. The number of hydrogen-bond acceptors (Lipinski definition) is 1. The number of hydrogen-bond donors (Lipinski definition) is 1. The fourth-order valence-electron chi connectivity index (χ4n) is 2.03. The van der Waals surface area contributed by atoms with Crippen molar-refractivity contribution in [2.45, 2.75) is 31.7 Å². The summed E-state index contributed by atoms with van der Waals surface area (Å²) < 4.78 is 0. The normalized spacial score (nSPS) is 24.7. The molecule has 1 heterocycles. The molecule has 2 heteroatoms. The largest absolute Gasteiger partial charge is 0.351 e. The van der Waals surface area contributed by atoms with E-state index in [1.54, 1.807) is 0 Å². The molecule has 14 heavy (non-hydrogen) atoms. The fourth-order valence-corrected chi connectivity index (χ4v) is 2.03. The van der Waals surface area contributed by atoms with Crippen molar-refractivity contribution in [1.82, 2.24) is 5.32 Å². The minimum Gasteiger partial charge on any atom is -0.351 e. The van der Waals surface area contributed by atoms with Crippen LogP contribution in [0.3, 0.4) is 0 Å². The Morgan fingerprint density at radius 2 is 1.93 bits per heavy atom. The average molecular weight is 189 g/mol. The van der Waals surface area contributed by atoms with Crippen LogP contribution in [0.25, 0.3) is 0 Å². The van der Waals surface area contributed by atoms with Gasteiger partial charge < -0.3 is 5.32 Å². The summed E-state index contributed by atoms with van der Waals surface area (Å²) in [5.41, 5.74) is 1.06. The third kappa shape index (κ3) is 1.65. The molecule has 1 aliphatic rings. The van der Waals surface area contributed by atoms with Gasteiger partial charge in [-0.1, -0.05) is 30.3 Å². The molecule has 74 valence electrons. The molecule has 1 saturated heterocycles. The Morgan fingerprint density at radius 3 is 2.43 bits per heavy atom. The summed E-state index contributed by atoms with van der Waals surface area (Å²) in [4.78, 5) is 11.7. The lowest BCUT2D eigenvalue weighted by Crippen LogP contribution is -2.34. The summed E-state index contributed by atoms with van der Waals surface area (Å²) >= 11 is 0. The van der Waals surface area contributed by atoms with Crippen LogP contribution in [-0.2, 0) is 4.79 Å². The number of amides is 1. The predicted octanol–water partition coefficient (Wildman–Crippen LogP) is 2.07. The summed E-state index contributed by atoms with van der Waals surface area (Å²) in [6.45, 7) is 4.13. The van der Waals surface area contributed by atoms with Crippen LogP contribution in [0.4, 0.5) is 0 Å². The number of carbonyl (C=O) groups excluding carboxylic acids is 1. The van der Waals surface area contributed by atoms with Crippen LogP contribution in [0, 0.1) is 0 Å². The Bertz CT molecular complexity index is 343. The van der Waals surface area contributed by atoms with E-state index in [2.05, 4.69) is 19.2 Å². The first-order valence-corrected chi connectivity index (χ1v) is 4.95. The molecular weight excluding hydrogens is 174 g/mol. The summed E-state index contributed by atoms with van der Waals surface area (Å²) in [5.74, 6) is 0.187. The van der Waals surface area contributed by atoms with E-state index in [9.17, 15) is 4.79 Å². The fraction of sp³-hybridized carbons (Fsp3) is 0.417. The zero-order valence-corrected chi connectivity index (χ0v) is 8.58. The molecule has 1 aliphatic heterocycles. The monoisotopic (exact) mass is 189 g/mol. The predicted molar refractivity (Wildman–Crippen MR) is 56.0 cm³/mol. The molecule has 1 aromatic rings. The second-order valence-electron chi connectivity index (χ2n) is 4.54. The van der Waals surface area contributed by atoms with Crippen LogP contribution in [0.2, 0.25) is 0 Å². The van der Waals surface area contributed by atoms with Gasteiger partial charge in [0.1, 0.15) is 0 Å². The van der Waals surface area contributed by atoms with E-state index in [1.807, 2.05) is 30.3 Å². The van der Waals surface area contributed by atoms with Crippen molar-refractivity contribution in [1.29, 1.82) is 0 Å². The van der Waals surface area contributed by atoms with Gasteiger partial charge in [0.15, 0.2) is 0 Å². The van der Waals surface area contributed by atoms with Gasteiger partial charge in [0.2, 0.25) is 5.91 Å². The topological polar surface area (TPSA) is 29.1 Å². The Hall–Kier alpha value is -1.31. The Labute approximate surface area is 84.3 Å². The highest BCUT2D eigenvalue weighted by molar-refractivity contribution is 5.86. The molecule has 0 aromatic heterocycles. The molecule has 0 radical (unpaired) electrons. The molecule has 1 fully saturated rings. The van der Waals surface area contributed by atoms with Crippen molar-refractivity contribution < 1.29 is 4.79 Å². The first-order chi connectivity index (χ1) is 6.58. The summed E-state index contributed by atoms with van der Waals surface area (Å²) in [5, 5.41) is 3.00. The number of benzene rings is 1. The van der Waals surface area contributed by atoms with Crippen molar-refractivity contribution in [2.24, 2.45) is 0 Å². The van der Waals surface area contributed by atoms with Gasteiger partial charge >= 0.3 is 0 Å². The summed E-state index contributed by atoms with van der Waals surface area (Å²) in [6, 6.07) is 9.97. The third-order valence-corrected chi connectivity index (χ3v) is 2.69. The van der Waals surface area contributed by atoms with E-state index in [4.69, 9.17) is 0 Å². The Balaban J connectivity index is 2.26. The van der Waals surface area contributed by atoms with Crippen LogP contribution in [0.1, 0.15) is 31.7 Å². The van der Waals surface area contributed by atoms with Crippen molar-refractivity contribution in [3.63, 3.8) is 0 Å². The molecule has 2 rings (SSSR count). The van der Waals surface area contributed by atoms with Gasteiger partial charge in [0.25, 0.3) is 0 Å². The standard InChI is InChI=1S/C12H15NO/c1-12(2)8-10(11(14)13-12)9-6-4-3-5-7-9/h3-7,10H,8H2,1-2H3,(H,13,14). The molecule has 2 nitrogen and oxygen atoms in total. The molecule has 1 N–H and O–H groups in total. The highest BCUT2D eigenvalue weighted by Crippen LogP contribution is 2.32. The Morgan fingerprint density at radius 1 is 1.29 bits per heavy atom. The average Bonchev–Trinajstić information content (AvgIpc) is 2.41. The maximum Gasteiger partial charge on any atom is 0.228 e. The zero-order chi connectivity index (χ0) is 10.2. The summed E-state index contributed by atoms with van der Waals surface area (Å²) in [6.07, 6.45) is 0.885. The molecule has 1 atom stereocenters. The van der Waals surface area contributed by atoms with E-state index in [0.717, 1.165) is 12.0 Å². The van der Waals surface area contributed by atoms with E-state index in [1.165, 1.54) is 0 Å². The zero-order valence-electron chi connectivity index (χ0n) is 8.58. The second-order valence-corrected chi connectivity index (χ2v) is 4.54. The van der Waals surface area contributed by atoms with Crippen LogP contribution in [-0.4, -0.2) is 11.4 Å². The molecule has 1 aromatic carbocycles. The maximum atomic E-state index is 11.7. The van der Waals surface area contributed by atoms with Crippen LogP contribution < -0.4 is 5.32 Å². The number of nitrogens with one attached hydrogen (secondary N) is 1. The first kappa shape index (κ1) is 9.25. The van der Waals surface area contributed by atoms with Crippen LogP contribution in [0.5, 0.6) is 0 Å². The lowest BCUT2D eigenvalue weighted by atomic mass is 9.91. The van der Waals surface area contributed by atoms with Gasteiger partial charge in [0.05, 0.1) is 5.92 Å². The summed E-state index contributed by atoms with van der Waals surface area (Å²) in [7, 11) is 0. The third-order valence-electron chi connectivity index (χ3n) is 2.69. The highest BCUT2D eigenvalue weighted by Gasteiger charge is 2.37. The molecule has 0 aliphatic carbocycles. The van der Waals surface area contributed by atoms with Gasteiger partial charge in [0, 0.05) is 5.54 Å². The Kier molecular flexibility index (Phi) is 2.06. The molecular formula is C12H15NO. The van der Waals surface area contributed by atoms with Crippen LogP contribution in [0.15, 0.2) is 30.3 Å². The lowest BCUT2D eigenvalue weighted by Gasteiger charge is -2.16. The van der Waals surface area contributed by atoms with E-state index in [0.29, 0.717) is 0 Å². The minimum atomic E-state index is -0.0579. The van der Waals surface area contributed by atoms with E-state index in [-0.39, 0.29) is 17.4 Å². The molecule has 0 bridgehead atoms. The lowest BCUT2D eigenvalue weighted by molar-refractivity contribution is -0.120. The highest BCUT2D eigenvalue weighted by atomic mass is 16.2. The number of rotatable bonds is 1. The second kappa shape index (κ2) is 3.12. The molecule has 1 amide bonds. The van der Waals surface area contributed by atoms with Gasteiger partial charge in [-0.15, -0.1) is 0 Å². The van der Waals surface area contributed by atoms with Gasteiger partial charge in [-0.05, 0) is 25.8 Å².